The van der Waals surface area contributed by atoms with Crippen LogP contribution in [-0.4, -0.2) is 11.7 Å². The maximum atomic E-state index is 9.40. The number of furan rings is 2. The van der Waals surface area contributed by atoms with Gasteiger partial charge in [0.25, 0.3) is 5.95 Å². The van der Waals surface area contributed by atoms with E-state index in [9.17, 15) is 5.11 Å². The van der Waals surface area contributed by atoms with Gasteiger partial charge < -0.3 is 18.7 Å². The second-order valence-electron chi connectivity index (χ2n) is 4.77. The maximum absolute atomic E-state index is 9.40. The lowest BCUT2D eigenvalue weighted by molar-refractivity contribution is 0.221. The molecule has 1 unspecified atom stereocenters. The van der Waals surface area contributed by atoms with E-state index < -0.39 is 0 Å². The van der Waals surface area contributed by atoms with Crippen molar-refractivity contribution in [3.63, 3.8) is 0 Å². The van der Waals surface area contributed by atoms with Crippen molar-refractivity contribution >= 4 is 0 Å². The number of hydrogen-bond donors (Lipinski definition) is 2. The zero-order valence-electron chi connectivity index (χ0n) is 11.9. The molecule has 0 fully saturated rings. The van der Waals surface area contributed by atoms with Gasteiger partial charge in [-0.3, -0.25) is 5.32 Å². The maximum Gasteiger partial charge on any atom is 0.290 e. The van der Waals surface area contributed by atoms with Gasteiger partial charge in [0, 0.05) is 6.07 Å². The Balaban J connectivity index is 1.57. The molecule has 2 aromatic heterocycles. The molecule has 0 bridgehead atoms. The molecule has 0 aliphatic heterocycles. The van der Waals surface area contributed by atoms with E-state index in [1.54, 1.807) is 18.4 Å². The lowest BCUT2D eigenvalue weighted by Crippen LogP contribution is -2.23. The van der Waals surface area contributed by atoms with Gasteiger partial charge >= 0.3 is 0 Å². The van der Waals surface area contributed by atoms with Crippen LogP contribution < -0.4 is 10.1 Å². The average molecular weight is 299 g/mol. The minimum absolute atomic E-state index is 0.0540. The third-order valence-electron chi connectivity index (χ3n) is 3.19. The van der Waals surface area contributed by atoms with E-state index in [-0.39, 0.29) is 12.6 Å². The summed E-state index contributed by atoms with van der Waals surface area (Å²) in [4.78, 5) is 0. The normalized spacial score (nSPS) is 12.2. The van der Waals surface area contributed by atoms with Crippen LogP contribution in [-0.2, 0) is 6.54 Å². The highest BCUT2D eigenvalue weighted by Crippen LogP contribution is 2.23. The third kappa shape index (κ3) is 3.58. The summed E-state index contributed by atoms with van der Waals surface area (Å²) in [5, 5.41) is 12.6. The molecular weight excluding hydrogens is 282 g/mol. The van der Waals surface area contributed by atoms with Crippen molar-refractivity contribution in [3.05, 3.63) is 72.4 Å². The summed E-state index contributed by atoms with van der Waals surface area (Å²) in [5.41, 5.74) is 0. The van der Waals surface area contributed by atoms with Crippen LogP contribution in [0, 0.1) is 0 Å². The molecule has 3 aromatic rings. The summed E-state index contributed by atoms with van der Waals surface area (Å²) < 4.78 is 16.5. The third-order valence-corrected chi connectivity index (χ3v) is 3.19. The van der Waals surface area contributed by atoms with Crippen LogP contribution >= 0.6 is 0 Å². The van der Waals surface area contributed by atoms with Crippen LogP contribution in [0.5, 0.6) is 11.7 Å². The average Bonchev–Trinajstić information content (AvgIpc) is 3.21. The van der Waals surface area contributed by atoms with Gasteiger partial charge in [-0.05, 0) is 30.3 Å². The summed E-state index contributed by atoms with van der Waals surface area (Å²) in [7, 11) is 0. The molecule has 0 amide bonds. The molecule has 2 heterocycles. The summed E-state index contributed by atoms with van der Waals surface area (Å²) in [5.74, 6) is 2.56. The minimum Gasteiger partial charge on any atom is -0.468 e. The van der Waals surface area contributed by atoms with Crippen molar-refractivity contribution < 1.29 is 18.7 Å². The Kier molecular flexibility index (Phi) is 4.58. The molecule has 5 nitrogen and oxygen atoms in total. The molecule has 0 aliphatic rings. The van der Waals surface area contributed by atoms with Gasteiger partial charge in [-0.2, -0.15) is 0 Å². The Bertz CT molecular complexity index is 676. The lowest BCUT2D eigenvalue weighted by Gasteiger charge is -2.12. The SMILES string of the molecule is OCC(NCc1ccc(Oc2ccccc2)o1)c1ccco1. The fourth-order valence-corrected chi connectivity index (χ4v) is 2.08. The molecule has 3 rings (SSSR count). The van der Waals surface area contributed by atoms with E-state index in [4.69, 9.17) is 13.6 Å². The Morgan fingerprint density at radius 2 is 1.91 bits per heavy atom. The molecule has 1 aromatic carbocycles. The monoisotopic (exact) mass is 299 g/mol. The highest BCUT2D eigenvalue weighted by Gasteiger charge is 2.13. The van der Waals surface area contributed by atoms with Crippen molar-refractivity contribution in [1.82, 2.24) is 5.32 Å². The Morgan fingerprint density at radius 3 is 2.64 bits per heavy atom. The number of hydrogen-bond acceptors (Lipinski definition) is 5. The van der Waals surface area contributed by atoms with Crippen molar-refractivity contribution in [2.75, 3.05) is 6.61 Å². The molecule has 114 valence electrons. The lowest BCUT2D eigenvalue weighted by atomic mass is 10.2. The zero-order valence-corrected chi connectivity index (χ0v) is 11.9. The fraction of sp³-hybridized carbons (Fsp3) is 0.176. The van der Waals surface area contributed by atoms with Crippen molar-refractivity contribution in [3.8, 4) is 11.7 Å². The van der Waals surface area contributed by atoms with Crippen LogP contribution in [0.3, 0.4) is 0 Å². The highest BCUT2D eigenvalue weighted by atomic mass is 16.6. The minimum atomic E-state index is -0.265. The summed E-state index contributed by atoms with van der Waals surface area (Å²) in [6.07, 6.45) is 1.58. The van der Waals surface area contributed by atoms with Gasteiger partial charge in [-0.1, -0.05) is 18.2 Å². The van der Waals surface area contributed by atoms with Crippen LogP contribution in [0.2, 0.25) is 0 Å². The number of ether oxygens (including phenoxy) is 1. The molecule has 0 saturated heterocycles. The number of aliphatic hydroxyl groups is 1. The molecule has 2 N–H and O–H groups in total. The standard InChI is InChI=1S/C17H17NO4/c19-12-15(16-7-4-10-20-16)18-11-14-8-9-17(22-14)21-13-5-2-1-3-6-13/h1-10,15,18-19H,11-12H2. The van der Waals surface area contributed by atoms with E-state index >= 15 is 0 Å². The van der Waals surface area contributed by atoms with Gasteiger partial charge in [-0.25, -0.2) is 0 Å². The number of nitrogens with one attached hydrogen (secondary N) is 1. The van der Waals surface area contributed by atoms with E-state index in [0.717, 1.165) is 11.5 Å². The number of para-hydroxylation sites is 1. The molecule has 22 heavy (non-hydrogen) atoms. The molecule has 0 aliphatic carbocycles. The van der Waals surface area contributed by atoms with Crippen LogP contribution in [0.4, 0.5) is 0 Å². The topological polar surface area (TPSA) is 67.8 Å². The second-order valence-corrected chi connectivity index (χ2v) is 4.77. The van der Waals surface area contributed by atoms with Crippen molar-refractivity contribution in [2.24, 2.45) is 0 Å². The number of benzene rings is 1. The summed E-state index contributed by atoms with van der Waals surface area (Å²) in [6, 6.07) is 16.4. The Hall–Kier alpha value is -2.50. The van der Waals surface area contributed by atoms with E-state index in [1.807, 2.05) is 42.5 Å². The first kappa shape index (κ1) is 14.4. The zero-order chi connectivity index (χ0) is 15.2. The molecular formula is C17H17NO4. The second kappa shape index (κ2) is 6.98. The summed E-state index contributed by atoms with van der Waals surface area (Å²) in [6.45, 7) is 0.408. The Labute approximate surface area is 128 Å². The van der Waals surface area contributed by atoms with E-state index in [2.05, 4.69) is 5.32 Å². The fourth-order valence-electron chi connectivity index (χ4n) is 2.08. The molecule has 0 radical (unpaired) electrons. The van der Waals surface area contributed by atoms with E-state index in [0.29, 0.717) is 18.3 Å². The Morgan fingerprint density at radius 1 is 1.05 bits per heavy atom. The predicted octanol–water partition coefficient (Wildman–Crippen LogP) is 3.49. The van der Waals surface area contributed by atoms with E-state index in [1.165, 1.54) is 0 Å². The van der Waals surface area contributed by atoms with Crippen LogP contribution in [0.1, 0.15) is 17.6 Å². The number of aliphatic hydroxyl groups excluding tert-OH is 1. The van der Waals surface area contributed by atoms with Crippen molar-refractivity contribution in [2.45, 2.75) is 12.6 Å². The van der Waals surface area contributed by atoms with Crippen molar-refractivity contribution in [1.29, 1.82) is 0 Å². The van der Waals surface area contributed by atoms with Gasteiger partial charge in [0.2, 0.25) is 0 Å². The van der Waals surface area contributed by atoms with Gasteiger partial charge in [-0.15, -0.1) is 0 Å². The van der Waals surface area contributed by atoms with Gasteiger partial charge in [0.1, 0.15) is 17.3 Å². The quantitative estimate of drug-likeness (QED) is 0.699. The summed E-state index contributed by atoms with van der Waals surface area (Å²) >= 11 is 0. The number of rotatable bonds is 7. The first-order valence-electron chi connectivity index (χ1n) is 7.04. The highest BCUT2D eigenvalue weighted by molar-refractivity contribution is 5.26. The molecule has 1 atom stereocenters. The largest absolute Gasteiger partial charge is 0.468 e. The van der Waals surface area contributed by atoms with Gasteiger partial charge in [0.05, 0.1) is 25.5 Å². The smallest absolute Gasteiger partial charge is 0.290 e. The molecule has 5 heteroatoms. The van der Waals surface area contributed by atoms with Crippen LogP contribution in [0.15, 0.2) is 69.7 Å². The van der Waals surface area contributed by atoms with Gasteiger partial charge in [0.15, 0.2) is 0 Å². The first-order chi connectivity index (χ1) is 10.8. The van der Waals surface area contributed by atoms with Crippen LogP contribution in [0.25, 0.3) is 0 Å². The molecule has 0 spiro atoms. The predicted molar refractivity (Wildman–Crippen MR) is 80.6 cm³/mol. The first-order valence-corrected chi connectivity index (χ1v) is 7.04. The molecule has 0 saturated carbocycles.